The van der Waals surface area contributed by atoms with Crippen molar-refractivity contribution in [1.29, 1.82) is 0 Å². The Morgan fingerprint density at radius 2 is 2.12 bits per heavy atom. The second-order valence-corrected chi connectivity index (χ2v) is 11.4. The Kier molecular flexibility index (Phi) is 3.78. The number of hydrogen-bond acceptors (Lipinski definition) is 4. The summed E-state index contributed by atoms with van der Waals surface area (Å²) in [6.07, 6.45) is 9.64. The Balaban J connectivity index is 1.09. The number of amides is 2. The Morgan fingerprint density at radius 3 is 2.97 bits per heavy atom. The highest BCUT2D eigenvalue weighted by Gasteiger charge is 2.70. The molecule has 1 spiro atoms. The smallest absolute Gasteiger partial charge is 0.268 e. The second kappa shape index (κ2) is 6.34. The van der Waals surface area contributed by atoms with Gasteiger partial charge >= 0.3 is 0 Å². The maximum absolute atomic E-state index is 13.2. The molecular weight excluding hydrogens is 404 g/mol. The molecule has 5 aliphatic rings. The molecule has 2 aromatic heterocycles. The molecule has 1 aliphatic heterocycles. The van der Waals surface area contributed by atoms with Crippen LogP contribution in [0, 0.1) is 28.6 Å². The highest BCUT2D eigenvalue weighted by molar-refractivity contribution is 5.93. The van der Waals surface area contributed by atoms with Crippen molar-refractivity contribution in [2.75, 3.05) is 13.1 Å². The van der Waals surface area contributed by atoms with Crippen LogP contribution in [-0.4, -0.2) is 50.4 Å². The normalized spacial score (nSPS) is 39.0. The van der Waals surface area contributed by atoms with Gasteiger partial charge in [0.05, 0.1) is 24.8 Å². The minimum atomic E-state index is -0.601. The lowest BCUT2D eigenvalue weighted by Gasteiger charge is -2.49. The summed E-state index contributed by atoms with van der Waals surface area (Å²) in [5.74, 6) is 2.65. The molecule has 0 aromatic carbocycles. The number of rotatable bonds is 5. The minimum absolute atomic E-state index is 0.0483. The van der Waals surface area contributed by atoms with E-state index in [-0.39, 0.29) is 18.2 Å². The van der Waals surface area contributed by atoms with Crippen molar-refractivity contribution in [1.82, 2.24) is 19.6 Å². The van der Waals surface area contributed by atoms with Gasteiger partial charge in [0.1, 0.15) is 11.3 Å². The monoisotopic (exact) mass is 434 g/mol. The van der Waals surface area contributed by atoms with Crippen LogP contribution in [0.4, 0.5) is 0 Å². The molecular formula is C25H30N4O3. The Labute approximate surface area is 187 Å². The molecule has 5 unspecified atom stereocenters. The number of nitrogens with one attached hydrogen (secondary N) is 1. The van der Waals surface area contributed by atoms with Crippen molar-refractivity contribution in [2.45, 2.75) is 57.6 Å². The summed E-state index contributed by atoms with van der Waals surface area (Å²) in [5, 5.41) is 13.0. The molecule has 7 nitrogen and oxygen atoms in total. The van der Waals surface area contributed by atoms with Gasteiger partial charge < -0.3 is 15.3 Å². The maximum Gasteiger partial charge on any atom is 0.268 e. The van der Waals surface area contributed by atoms with E-state index in [0.717, 1.165) is 30.0 Å². The molecule has 0 radical (unpaired) electrons. The molecule has 4 aliphatic carbocycles. The van der Waals surface area contributed by atoms with Crippen LogP contribution in [0.5, 0.6) is 0 Å². The van der Waals surface area contributed by atoms with Gasteiger partial charge in [-0.05, 0) is 79.2 Å². The number of aromatic nitrogens is 2. The van der Waals surface area contributed by atoms with E-state index >= 15 is 0 Å². The number of carbonyl (C=O) groups is 2. The van der Waals surface area contributed by atoms with Crippen LogP contribution in [0.15, 0.2) is 24.4 Å². The van der Waals surface area contributed by atoms with Gasteiger partial charge in [-0.15, -0.1) is 0 Å². The molecule has 3 heterocycles. The fourth-order valence-corrected chi connectivity index (χ4v) is 8.52. The fraction of sp³-hybridized carbons (Fsp3) is 0.640. The third kappa shape index (κ3) is 2.60. The summed E-state index contributed by atoms with van der Waals surface area (Å²) < 4.78 is 1.83. The summed E-state index contributed by atoms with van der Waals surface area (Å²) in [6.45, 7) is 1.48. The summed E-state index contributed by atoms with van der Waals surface area (Å²) in [5.41, 5.74) is 2.95. The van der Waals surface area contributed by atoms with Crippen LogP contribution >= 0.6 is 0 Å². The summed E-state index contributed by atoms with van der Waals surface area (Å²) in [6, 6.07) is 5.59. The molecule has 7 rings (SSSR count). The van der Waals surface area contributed by atoms with Crippen molar-refractivity contribution in [2.24, 2.45) is 28.6 Å². The summed E-state index contributed by atoms with van der Waals surface area (Å²) >= 11 is 0. The Hall–Kier alpha value is -2.41. The average molecular weight is 435 g/mol. The summed E-state index contributed by atoms with van der Waals surface area (Å²) in [7, 11) is 0. The van der Waals surface area contributed by atoms with Crippen LogP contribution < -0.4 is 5.32 Å². The molecule has 2 N–H and O–H groups in total. The van der Waals surface area contributed by atoms with E-state index in [1.54, 1.807) is 4.90 Å². The zero-order chi connectivity index (χ0) is 21.7. The third-order valence-electron chi connectivity index (χ3n) is 9.53. The van der Waals surface area contributed by atoms with E-state index in [4.69, 9.17) is 0 Å². The third-order valence-corrected chi connectivity index (χ3v) is 9.53. The SMILES string of the molecule is O=C(NCC12CC3CC4CC(C1)C4(C3)C2)c1cccc2nc(CN3C[C@H](O)CC3=O)cn12. The van der Waals surface area contributed by atoms with Crippen LogP contribution in [0.3, 0.4) is 0 Å². The molecule has 5 fully saturated rings. The van der Waals surface area contributed by atoms with E-state index in [9.17, 15) is 14.7 Å². The number of β-amino-alcohol motifs (C(OH)–C–C–N with tert-alkyl or cyclic N) is 1. The lowest BCUT2D eigenvalue weighted by Crippen LogP contribution is -2.43. The molecule has 3 bridgehead atoms. The van der Waals surface area contributed by atoms with Crippen molar-refractivity contribution in [3.63, 3.8) is 0 Å². The first-order chi connectivity index (χ1) is 15.4. The van der Waals surface area contributed by atoms with Gasteiger partial charge in [-0.3, -0.25) is 14.0 Å². The van der Waals surface area contributed by atoms with Crippen molar-refractivity contribution < 1.29 is 14.7 Å². The molecule has 2 aromatic rings. The van der Waals surface area contributed by atoms with Gasteiger partial charge in [-0.2, -0.15) is 0 Å². The quantitative estimate of drug-likeness (QED) is 0.757. The van der Waals surface area contributed by atoms with Crippen LogP contribution in [0.2, 0.25) is 0 Å². The number of carbonyl (C=O) groups excluding carboxylic acids is 2. The average Bonchev–Trinajstić information content (AvgIpc) is 3.41. The fourth-order valence-electron chi connectivity index (χ4n) is 8.52. The lowest BCUT2D eigenvalue weighted by atomic mass is 9.55. The molecule has 6 atom stereocenters. The highest BCUT2D eigenvalue weighted by Crippen LogP contribution is 2.78. The first-order valence-electron chi connectivity index (χ1n) is 12.1. The zero-order valence-electron chi connectivity index (χ0n) is 18.3. The van der Waals surface area contributed by atoms with Crippen LogP contribution in [0.25, 0.3) is 5.65 Å². The Bertz CT molecular complexity index is 1140. The first kappa shape index (κ1) is 19.1. The van der Waals surface area contributed by atoms with E-state index < -0.39 is 6.10 Å². The van der Waals surface area contributed by atoms with Gasteiger partial charge in [0, 0.05) is 19.3 Å². The molecule has 7 heteroatoms. The van der Waals surface area contributed by atoms with Gasteiger partial charge in [-0.25, -0.2) is 4.98 Å². The van der Waals surface area contributed by atoms with Gasteiger partial charge in [0.2, 0.25) is 5.91 Å². The lowest BCUT2D eigenvalue weighted by molar-refractivity contribution is -0.128. The predicted molar refractivity (Wildman–Crippen MR) is 117 cm³/mol. The van der Waals surface area contributed by atoms with Crippen molar-refractivity contribution in [3.8, 4) is 0 Å². The minimum Gasteiger partial charge on any atom is -0.391 e. The zero-order valence-corrected chi connectivity index (χ0v) is 18.3. The van der Waals surface area contributed by atoms with E-state index in [0.29, 0.717) is 35.3 Å². The molecule has 32 heavy (non-hydrogen) atoms. The predicted octanol–water partition coefficient (Wildman–Crippen LogP) is 2.37. The van der Waals surface area contributed by atoms with Gasteiger partial charge in [-0.1, -0.05) is 6.07 Å². The number of nitrogens with zero attached hydrogens (tertiary/aromatic N) is 3. The van der Waals surface area contributed by atoms with Crippen LogP contribution in [-0.2, 0) is 11.3 Å². The van der Waals surface area contributed by atoms with E-state index in [1.807, 2.05) is 28.8 Å². The van der Waals surface area contributed by atoms with Gasteiger partial charge in [0.15, 0.2) is 0 Å². The number of aliphatic hydroxyl groups is 1. The van der Waals surface area contributed by atoms with Crippen LogP contribution in [0.1, 0.15) is 61.1 Å². The molecule has 168 valence electrons. The Morgan fingerprint density at radius 1 is 1.22 bits per heavy atom. The number of likely N-dealkylation sites (tertiary alicyclic amines) is 1. The summed E-state index contributed by atoms with van der Waals surface area (Å²) in [4.78, 5) is 31.5. The first-order valence-corrected chi connectivity index (χ1v) is 12.1. The number of pyridine rings is 1. The molecule has 2 amide bonds. The van der Waals surface area contributed by atoms with Gasteiger partial charge in [0.25, 0.3) is 5.91 Å². The molecule has 4 saturated carbocycles. The standard InChI is InChI=1S/C25H30N4O3/c30-19-6-22(31)28(12-19)10-18-11-29-20(2-1-3-21(29)27-18)23(32)26-14-24-7-15-4-16-5-17(9-24)25(16,8-15)13-24/h1-3,11,15-17,19,30H,4-10,12-14H2,(H,26,32)/t15?,16?,17?,19-,24?,25?/m1/s1. The van der Waals surface area contributed by atoms with E-state index in [2.05, 4.69) is 10.3 Å². The topological polar surface area (TPSA) is 86.9 Å². The van der Waals surface area contributed by atoms with Crippen molar-refractivity contribution in [3.05, 3.63) is 35.8 Å². The maximum atomic E-state index is 13.2. The highest BCUT2D eigenvalue weighted by atomic mass is 16.3. The second-order valence-electron chi connectivity index (χ2n) is 11.4. The van der Waals surface area contributed by atoms with Crippen molar-refractivity contribution >= 4 is 17.5 Å². The van der Waals surface area contributed by atoms with E-state index in [1.165, 1.54) is 38.5 Å². The largest absolute Gasteiger partial charge is 0.391 e. The number of fused-ring (bicyclic) bond motifs is 3. The number of aliphatic hydroxyl groups excluding tert-OH is 1. The molecule has 1 saturated heterocycles. The number of imidazole rings is 1. The number of hydrogen-bond donors (Lipinski definition) is 2.